The van der Waals surface area contributed by atoms with Gasteiger partial charge in [-0.05, 0) is 29.8 Å². The Morgan fingerprint density at radius 1 is 1.00 bits per heavy atom. The molecule has 1 N–H and O–H groups in total. The van der Waals surface area contributed by atoms with Crippen LogP contribution in [0.15, 0.2) is 54.1 Å². The third-order valence-corrected chi connectivity index (χ3v) is 4.11. The van der Waals surface area contributed by atoms with Crippen LogP contribution in [0.25, 0.3) is 6.08 Å². The van der Waals surface area contributed by atoms with Crippen molar-refractivity contribution >= 4 is 23.9 Å². The van der Waals surface area contributed by atoms with E-state index in [2.05, 4.69) is 5.32 Å². The summed E-state index contributed by atoms with van der Waals surface area (Å²) in [5.41, 5.74) is 1.11. The number of amides is 4. The number of hydrogen-bond acceptors (Lipinski definition) is 5. The standard InChI is InChI=1S/C20H18N2O5/c1-26-15-8-9-17(27-2)14(10-15)11-16-18(23)21-20(25)22(19(16)24)12-13-6-4-3-5-7-13/h3-11H,12H2,1-2H3,(H,21,23,25)/b16-11+. The first-order valence-electron chi connectivity index (χ1n) is 8.18. The summed E-state index contributed by atoms with van der Waals surface area (Å²) in [4.78, 5) is 38.2. The van der Waals surface area contributed by atoms with E-state index < -0.39 is 17.8 Å². The van der Waals surface area contributed by atoms with Crippen molar-refractivity contribution in [2.75, 3.05) is 14.2 Å². The molecule has 138 valence electrons. The van der Waals surface area contributed by atoms with Crippen LogP contribution in [-0.4, -0.2) is 37.0 Å². The predicted molar refractivity (Wildman–Crippen MR) is 98.1 cm³/mol. The van der Waals surface area contributed by atoms with Crippen LogP contribution < -0.4 is 14.8 Å². The number of carbonyl (C=O) groups excluding carboxylic acids is 3. The number of rotatable bonds is 5. The number of urea groups is 1. The van der Waals surface area contributed by atoms with Crippen LogP contribution >= 0.6 is 0 Å². The van der Waals surface area contributed by atoms with E-state index in [1.54, 1.807) is 30.3 Å². The highest BCUT2D eigenvalue weighted by atomic mass is 16.5. The Morgan fingerprint density at radius 3 is 2.41 bits per heavy atom. The summed E-state index contributed by atoms with van der Waals surface area (Å²) in [6.07, 6.45) is 1.39. The largest absolute Gasteiger partial charge is 0.497 e. The zero-order chi connectivity index (χ0) is 19.4. The van der Waals surface area contributed by atoms with Gasteiger partial charge in [-0.2, -0.15) is 0 Å². The van der Waals surface area contributed by atoms with E-state index in [1.807, 2.05) is 18.2 Å². The molecule has 1 aliphatic heterocycles. The van der Waals surface area contributed by atoms with Crippen LogP contribution in [0.2, 0.25) is 0 Å². The average Bonchev–Trinajstić information content (AvgIpc) is 2.69. The quantitative estimate of drug-likeness (QED) is 0.649. The van der Waals surface area contributed by atoms with E-state index in [4.69, 9.17) is 9.47 Å². The first-order valence-corrected chi connectivity index (χ1v) is 8.18. The van der Waals surface area contributed by atoms with Crippen molar-refractivity contribution in [3.63, 3.8) is 0 Å². The van der Waals surface area contributed by atoms with Gasteiger partial charge < -0.3 is 9.47 Å². The zero-order valence-electron chi connectivity index (χ0n) is 14.9. The van der Waals surface area contributed by atoms with Gasteiger partial charge in [0.25, 0.3) is 11.8 Å². The Labute approximate surface area is 156 Å². The molecule has 1 heterocycles. The van der Waals surface area contributed by atoms with Crippen LogP contribution in [0, 0.1) is 0 Å². The number of imide groups is 2. The Hall–Kier alpha value is -3.61. The molecule has 0 atom stereocenters. The Kier molecular flexibility index (Phi) is 5.21. The predicted octanol–water partition coefficient (Wildman–Crippen LogP) is 2.37. The Morgan fingerprint density at radius 2 is 1.74 bits per heavy atom. The van der Waals surface area contributed by atoms with Crippen LogP contribution in [0.5, 0.6) is 11.5 Å². The van der Waals surface area contributed by atoms with Crippen molar-refractivity contribution in [3.05, 3.63) is 65.2 Å². The van der Waals surface area contributed by atoms with Gasteiger partial charge in [0.2, 0.25) is 0 Å². The van der Waals surface area contributed by atoms with E-state index in [-0.39, 0.29) is 12.1 Å². The third-order valence-electron chi connectivity index (χ3n) is 4.11. The monoisotopic (exact) mass is 366 g/mol. The molecule has 7 nitrogen and oxygen atoms in total. The summed E-state index contributed by atoms with van der Waals surface area (Å²) in [6.45, 7) is 0.0609. The second kappa shape index (κ2) is 7.74. The van der Waals surface area contributed by atoms with E-state index >= 15 is 0 Å². The topological polar surface area (TPSA) is 84.9 Å². The number of hydrogen-bond donors (Lipinski definition) is 1. The maximum atomic E-state index is 12.8. The Bertz CT molecular complexity index is 921. The summed E-state index contributed by atoms with van der Waals surface area (Å²) >= 11 is 0. The number of benzene rings is 2. The summed E-state index contributed by atoms with van der Waals surface area (Å²) < 4.78 is 10.5. The molecule has 0 aromatic heterocycles. The Balaban J connectivity index is 1.97. The molecule has 1 fully saturated rings. The van der Waals surface area contributed by atoms with E-state index in [1.165, 1.54) is 20.3 Å². The minimum absolute atomic E-state index is 0.0609. The first kappa shape index (κ1) is 18.2. The molecule has 1 saturated heterocycles. The van der Waals surface area contributed by atoms with Crippen LogP contribution in [0.1, 0.15) is 11.1 Å². The molecule has 27 heavy (non-hydrogen) atoms. The number of barbiturate groups is 1. The minimum Gasteiger partial charge on any atom is -0.497 e. The maximum Gasteiger partial charge on any atom is 0.331 e. The van der Waals surface area contributed by atoms with Gasteiger partial charge in [-0.1, -0.05) is 30.3 Å². The fourth-order valence-electron chi connectivity index (χ4n) is 2.71. The number of methoxy groups -OCH3 is 2. The van der Waals surface area contributed by atoms with Crippen molar-refractivity contribution < 1.29 is 23.9 Å². The fraction of sp³-hybridized carbons (Fsp3) is 0.150. The second-order valence-electron chi connectivity index (χ2n) is 5.80. The van der Waals surface area contributed by atoms with Gasteiger partial charge in [0, 0.05) is 5.56 Å². The fourth-order valence-corrected chi connectivity index (χ4v) is 2.71. The van der Waals surface area contributed by atoms with Crippen molar-refractivity contribution in [1.29, 1.82) is 0 Å². The first-order chi connectivity index (χ1) is 13.0. The highest BCUT2D eigenvalue weighted by Gasteiger charge is 2.35. The normalized spacial score (nSPS) is 15.7. The van der Waals surface area contributed by atoms with Gasteiger partial charge in [0.05, 0.1) is 20.8 Å². The van der Waals surface area contributed by atoms with Gasteiger partial charge in [0.15, 0.2) is 0 Å². The van der Waals surface area contributed by atoms with Crippen LogP contribution in [-0.2, 0) is 16.1 Å². The maximum absolute atomic E-state index is 12.8. The zero-order valence-corrected chi connectivity index (χ0v) is 14.9. The molecular formula is C20H18N2O5. The minimum atomic E-state index is -0.751. The molecule has 2 aromatic rings. The highest BCUT2D eigenvalue weighted by Crippen LogP contribution is 2.27. The lowest BCUT2D eigenvalue weighted by Gasteiger charge is -2.26. The average molecular weight is 366 g/mol. The molecule has 0 bridgehead atoms. The van der Waals surface area contributed by atoms with E-state index in [9.17, 15) is 14.4 Å². The van der Waals surface area contributed by atoms with Gasteiger partial charge in [-0.3, -0.25) is 19.8 Å². The molecule has 0 unspecified atom stereocenters. The van der Waals surface area contributed by atoms with Crippen molar-refractivity contribution in [3.8, 4) is 11.5 Å². The van der Waals surface area contributed by atoms with Gasteiger partial charge in [0.1, 0.15) is 17.1 Å². The highest BCUT2D eigenvalue weighted by molar-refractivity contribution is 6.31. The number of nitrogens with one attached hydrogen (secondary N) is 1. The van der Waals surface area contributed by atoms with Crippen LogP contribution in [0.4, 0.5) is 4.79 Å². The molecule has 0 radical (unpaired) electrons. The molecular weight excluding hydrogens is 348 g/mol. The number of nitrogens with zero attached hydrogens (tertiary/aromatic N) is 1. The van der Waals surface area contributed by atoms with Gasteiger partial charge >= 0.3 is 6.03 Å². The third kappa shape index (κ3) is 3.82. The van der Waals surface area contributed by atoms with Crippen molar-refractivity contribution in [2.24, 2.45) is 0 Å². The summed E-state index contributed by atoms with van der Waals surface area (Å²) in [6, 6.07) is 13.3. The SMILES string of the molecule is COc1ccc(OC)c(/C=C2\C(=O)NC(=O)N(Cc3ccccc3)C2=O)c1. The van der Waals surface area contributed by atoms with E-state index in [0.29, 0.717) is 17.1 Å². The van der Waals surface area contributed by atoms with Gasteiger partial charge in [-0.15, -0.1) is 0 Å². The smallest absolute Gasteiger partial charge is 0.331 e. The molecule has 0 saturated carbocycles. The summed E-state index contributed by atoms with van der Waals surface area (Å²) in [5.74, 6) is -0.407. The number of ether oxygens (including phenoxy) is 2. The molecule has 0 spiro atoms. The molecule has 7 heteroatoms. The lowest BCUT2D eigenvalue weighted by atomic mass is 10.1. The number of carbonyl (C=O) groups is 3. The summed E-state index contributed by atoms with van der Waals surface area (Å²) in [7, 11) is 3.00. The molecule has 0 aliphatic carbocycles. The van der Waals surface area contributed by atoms with E-state index in [0.717, 1.165) is 10.5 Å². The van der Waals surface area contributed by atoms with Crippen LogP contribution in [0.3, 0.4) is 0 Å². The molecule has 1 aliphatic rings. The molecule has 4 amide bonds. The lowest BCUT2D eigenvalue weighted by molar-refractivity contribution is -0.130. The molecule has 2 aromatic carbocycles. The van der Waals surface area contributed by atoms with Gasteiger partial charge in [-0.25, -0.2) is 4.79 Å². The summed E-state index contributed by atoms with van der Waals surface area (Å²) in [5, 5.41) is 2.20. The van der Waals surface area contributed by atoms with Crippen molar-refractivity contribution in [1.82, 2.24) is 10.2 Å². The van der Waals surface area contributed by atoms with Crippen molar-refractivity contribution in [2.45, 2.75) is 6.54 Å². The lowest BCUT2D eigenvalue weighted by Crippen LogP contribution is -2.53. The second-order valence-corrected chi connectivity index (χ2v) is 5.80. The molecule has 3 rings (SSSR count).